The molecule has 0 aromatic heterocycles. The highest BCUT2D eigenvalue weighted by Gasteiger charge is 2.29. The van der Waals surface area contributed by atoms with Crippen molar-refractivity contribution in [3.8, 4) is 0 Å². The van der Waals surface area contributed by atoms with E-state index in [4.69, 9.17) is 9.84 Å². The van der Waals surface area contributed by atoms with E-state index in [0.29, 0.717) is 0 Å². The molecule has 6 nitrogen and oxygen atoms in total. The summed E-state index contributed by atoms with van der Waals surface area (Å²) < 4.78 is 30.7. The van der Waals surface area contributed by atoms with Gasteiger partial charge in [-0.25, -0.2) is 18.4 Å². The van der Waals surface area contributed by atoms with Crippen LogP contribution in [0.1, 0.15) is 0 Å². The molecule has 1 fully saturated rings. The Morgan fingerprint density at radius 3 is 2.75 bits per heavy atom. The molecule has 20 heavy (non-hydrogen) atoms. The number of nitrogens with zero attached hydrogens (tertiary/aromatic N) is 1. The largest absolute Gasteiger partial charge is 0.479 e. The van der Waals surface area contributed by atoms with Crippen LogP contribution >= 0.6 is 0 Å². The van der Waals surface area contributed by atoms with Crippen LogP contribution in [0.5, 0.6) is 0 Å². The van der Waals surface area contributed by atoms with Crippen molar-refractivity contribution >= 4 is 17.7 Å². The molecule has 0 radical (unpaired) electrons. The van der Waals surface area contributed by atoms with Crippen molar-refractivity contribution in [2.75, 3.05) is 25.0 Å². The molecule has 2 rings (SSSR count). The Kier molecular flexibility index (Phi) is 4.14. The highest BCUT2D eigenvalue weighted by atomic mass is 19.2. The summed E-state index contributed by atoms with van der Waals surface area (Å²) in [5.41, 5.74) is 0.0901. The number of carbonyl (C=O) groups is 2. The molecule has 0 bridgehead atoms. The molecule has 1 aromatic carbocycles. The fraction of sp³-hybridized carbons (Fsp3) is 0.333. The van der Waals surface area contributed by atoms with Gasteiger partial charge >= 0.3 is 12.0 Å². The van der Waals surface area contributed by atoms with Crippen molar-refractivity contribution in [1.29, 1.82) is 0 Å². The summed E-state index contributed by atoms with van der Waals surface area (Å²) in [6.07, 6.45) is -1.08. The monoisotopic (exact) mass is 286 g/mol. The van der Waals surface area contributed by atoms with E-state index in [1.54, 1.807) is 0 Å². The number of benzene rings is 1. The summed E-state index contributed by atoms with van der Waals surface area (Å²) >= 11 is 0. The highest BCUT2D eigenvalue weighted by molar-refractivity contribution is 5.89. The third-order valence-electron chi connectivity index (χ3n) is 2.80. The SMILES string of the molecule is O=C(O)C1CN(C(=O)Nc2ccc(F)c(F)c2)CCO1. The third-order valence-corrected chi connectivity index (χ3v) is 2.80. The second-order valence-electron chi connectivity index (χ2n) is 4.20. The van der Waals surface area contributed by atoms with Gasteiger partial charge in [0, 0.05) is 18.3 Å². The molecule has 1 unspecified atom stereocenters. The standard InChI is InChI=1S/C12H12F2N2O4/c13-8-2-1-7(5-9(8)14)15-12(19)16-3-4-20-10(6-16)11(17)18/h1-2,5,10H,3-4,6H2,(H,15,19)(H,17,18). The molecule has 108 valence electrons. The molecule has 1 aliphatic heterocycles. The average molecular weight is 286 g/mol. The second kappa shape index (κ2) is 5.83. The molecular formula is C12H12F2N2O4. The van der Waals surface area contributed by atoms with E-state index in [0.717, 1.165) is 12.1 Å². The first-order valence-corrected chi connectivity index (χ1v) is 5.83. The number of amides is 2. The van der Waals surface area contributed by atoms with Gasteiger partial charge in [-0.3, -0.25) is 0 Å². The first-order valence-electron chi connectivity index (χ1n) is 5.83. The number of aliphatic carboxylic acids is 1. The van der Waals surface area contributed by atoms with Gasteiger partial charge in [-0.05, 0) is 12.1 Å². The number of carbonyl (C=O) groups excluding carboxylic acids is 1. The molecule has 1 heterocycles. The summed E-state index contributed by atoms with van der Waals surface area (Å²) in [4.78, 5) is 23.9. The maximum absolute atomic E-state index is 13.0. The van der Waals surface area contributed by atoms with Crippen molar-refractivity contribution in [2.45, 2.75) is 6.10 Å². The summed E-state index contributed by atoms with van der Waals surface area (Å²) in [6.45, 7) is 0.215. The minimum Gasteiger partial charge on any atom is -0.479 e. The van der Waals surface area contributed by atoms with Gasteiger partial charge in [0.25, 0.3) is 0 Å². The summed E-state index contributed by atoms with van der Waals surface area (Å²) in [5, 5.41) is 11.2. The maximum Gasteiger partial charge on any atom is 0.334 e. The summed E-state index contributed by atoms with van der Waals surface area (Å²) in [6, 6.07) is 2.36. The molecule has 0 saturated carbocycles. The van der Waals surface area contributed by atoms with Crippen LogP contribution in [-0.4, -0.2) is 47.8 Å². The lowest BCUT2D eigenvalue weighted by Crippen LogP contribution is -2.49. The van der Waals surface area contributed by atoms with Crippen LogP contribution in [0.4, 0.5) is 19.3 Å². The molecule has 1 saturated heterocycles. The predicted octanol–water partition coefficient (Wildman–Crippen LogP) is 1.28. The number of ether oxygens (including phenoxy) is 1. The minimum atomic E-state index is -1.16. The molecule has 8 heteroatoms. The number of nitrogens with one attached hydrogen (secondary N) is 1. The fourth-order valence-corrected chi connectivity index (χ4v) is 1.76. The fourth-order valence-electron chi connectivity index (χ4n) is 1.76. The van der Waals surface area contributed by atoms with Gasteiger partial charge in [0.15, 0.2) is 17.7 Å². The zero-order chi connectivity index (χ0) is 14.7. The van der Waals surface area contributed by atoms with Crippen molar-refractivity contribution in [2.24, 2.45) is 0 Å². The van der Waals surface area contributed by atoms with E-state index in [2.05, 4.69) is 5.32 Å². The Balaban J connectivity index is 2.00. The molecule has 1 aliphatic rings. The third kappa shape index (κ3) is 3.21. The van der Waals surface area contributed by atoms with Crippen molar-refractivity contribution in [3.05, 3.63) is 29.8 Å². The van der Waals surface area contributed by atoms with Gasteiger partial charge in [0.2, 0.25) is 0 Å². The molecule has 0 spiro atoms. The van der Waals surface area contributed by atoms with Gasteiger partial charge in [0.1, 0.15) is 0 Å². The Morgan fingerprint density at radius 2 is 2.10 bits per heavy atom. The lowest BCUT2D eigenvalue weighted by atomic mass is 10.2. The van der Waals surface area contributed by atoms with Gasteiger partial charge in [-0.2, -0.15) is 0 Å². The number of morpholine rings is 1. The highest BCUT2D eigenvalue weighted by Crippen LogP contribution is 2.14. The van der Waals surface area contributed by atoms with Gasteiger partial charge in [-0.15, -0.1) is 0 Å². The van der Waals surface area contributed by atoms with E-state index in [9.17, 15) is 18.4 Å². The van der Waals surface area contributed by atoms with Crippen LogP contribution < -0.4 is 5.32 Å². The number of halogens is 2. The Morgan fingerprint density at radius 1 is 1.35 bits per heavy atom. The van der Waals surface area contributed by atoms with E-state index in [-0.39, 0.29) is 25.4 Å². The first kappa shape index (κ1) is 14.2. The number of hydrogen-bond acceptors (Lipinski definition) is 3. The quantitative estimate of drug-likeness (QED) is 0.858. The molecule has 2 amide bonds. The Bertz CT molecular complexity index is 538. The topological polar surface area (TPSA) is 78.9 Å². The van der Waals surface area contributed by atoms with Crippen LogP contribution in [0.25, 0.3) is 0 Å². The van der Waals surface area contributed by atoms with Crippen molar-refractivity contribution in [1.82, 2.24) is 4.90 Å². The maximum atomic E-state index is 13.0. The lowest BCUT2D eigenvalue weighted by Gasteiger charge is -2.30. The molecular weight excluding hydrogens is 274 g/mol. The number of carboxylic acids is 1. The summed E-state index contributed by atoms with van der Waals surface area (Å²) in [7, 11) is 0. The van der Waals surface area contributed by atoms with Crippen LogP contribution in [-0.2, 0) is 9.53 Å². The van der Waals surface area contributed by atoms with Crippen LogP contribution in [0.2, 0.25) is 0 Å². The molecule has 1 aromatic rings. The molecule has 1 atom stereocenters. The average Bonchev–Trinajstić information content (AvgIpc) is 2.43. The minimum absolute atomic E-state index is 0.0901. The van der Waals surface area contributed by atoms with E-state index in [1.165, 1.54) is 11.0 Å². The zero-order valence-electron chi connectivity index (χ0n) is 10.3. The Hall–Kier alpha value is -2.22. The molecule has 2 N–H and O–H groups in total. The van der Waals surface area contributed by atoms with E-state index >= 15 is 0 Å². The smallest absolute Gasteiger partial charge is 0.334 e. The number of urea groups is 1. The van der Waals surface area contributed by atoms with Gasteiger partial charge in [-0.1, -0.05) is 0 Å². The zero-order valence-corrected chi connectivity index (χ0v) is 10.3. The number of carboxylic acid groups (broad SMARTS) is 1. The second-order valence-corrected chi connectivity index (χ2v) is 4.20. The van der Waals surface area contributed by atoms with E-state index in [1.807, 2.05) is 0 Å². The Labute approximate surface area is 112 Å². The lowest BCUT2D eigenvalue weighted by molar-refractivity contribution is -0.154. The van der Waals surface area contributed by atoms with E-state index < -0.39 is 29.7 Å². The van der Waals surface area contributed by atoms with Crippen molar-refractivity contribution < 1.29 is 28.2 Å². The number of anilines is 1. The normalized spacial score (nSPS) is 18.7. The van der Waals surface area contributed by atoms with Gasteiger partial charge in [0.05, 0.1) is 13.2 Å². The van der Waals surface area contributed by atoms with Crippen LogP contribution in [0.15, 0.2) is 18.2 Å². The first-order chi connectivity index (χ1) is 9.47. The van der Waals surface area contributed by atoms with Gasteiger partial charge < -0.3 is 20.1 Å². The van der Waals surface area contributed by atoms with Crippen LogP contribution in [0.3, 0.4) is 0 Å². The number of hydrogen-bond donors (Lipinski definition) is 2. The van der Waals surface area contributed by atoms with Crippen LogP contribution in [0, 0.1) is 11.6 Å². The number of rotatable bonds is 2. The molecule has 0 aliphatic carbocycles. The van der Waals surface area contributed by atoms with Crippen molar-refractivity contribution in [3.63, 3.8) is 0 Å². The summed E-state index contributed by atoms with van der Waals surface area (Å²) in [5.74, 6) is -3.25. The predicted molar refractivity (Wildman–Crippen MR) is 64.3 cm³/mol.